The van der Waals surface area contributed by atoms with Crippen molar-refractivity contribution in [3.8, 4) is 0 Å². The zero-order valence-electron chi connectivity index (χ0n) is 18.1. The highest BCUT2D eigenvalue weighted by Crippen LogP contribution is 2.48. The average Bonchev–Trinajstić information content (AvgIpc) is 3.57. The van der Waals surface area contributed by atoms with Crippen molar-refractivity contribution >= 4 is 29.9 Å². The van der Waals surface area contributed by atoms with Crippen molar-refractivity contribution in [3.63, 3.8) is 0 Å². The van der Waals surface area contributed by atoms with Crippen molar-refractivity contribution in [2.24, 2.45) is 4.99 Å². The quantitative estimate of drug-likeness (QED) is 0.321. The van der Waals surface area contributed by atoms with Crippen molar-refractivity contribution in [1.29, 1.82) is 0 Å². The van der Waals surface area contributed by atoms with Gasteiger partial charge in [-0.15, -0.1) is 24.0 Å². The molecule has 5 nitrogen and oxygen atoms in total. The summed E-state index contributed by atoms with van der Waals surface area (Å²) in [6, 6.07) is 15.6. The Hall–Kier alpha value is -1.71. The number of guanidine groups is 1. The summed E-state index contributed by atoms with van der Waals surface area (Å²) in [7, 11) is 1.78. The lowest BCUT2D eigenvalue weighted by molar-refractivity contribution is 0.0341. The van der Waals surface area contributed by atoms with Gasteiger partial charge in [0.25, 0.3) is 0 Å². The molecule has 7 heteroatoms. The van der Waals surface area contributed by atoms with Crippen LogP contribution in [0.25, 0.3) is 0 Å². The van der Waals surface area contributed by atoms with Gasteiger partial charge in [0.1, 0.15) is 5.82 Å². The van der Waals surface area contributed by atoms with Crippen LogP contribution in [0, 0.1) is 5.82 Å². The largest absolute Gasteiger partial charge is 0.379 e. The zero-order valence-corrected chi connectivity index (χ0v) is 20.4. The third kappa shape index (κ3) is 6.17. The molecule has 1 heterocycles. The first-order chi connectivity index (χ1) is 14.7. The molecule has 1 saturated heterocycles. The summed E-state index contributed by atoms with van der Waals surface area (Å²) < 4.78 is 19.7. The maximum Gasteiger partial charge on any atom is 0.191 e. The van der Waals surface area contributed by atoms with Gasteiger partial charge >= 0.3 is 0 Å². The van der Waals surface area contributed by atoms with Crippen LogP contribution >= 0.6 is 24.0 Å². The average molecular weight is 538 g/mol. The summed E-state index contributed by atoms with van der Waals surface area (Å²) in [4.78, 5) is 6.80. The minimum Gasteiger partial charge on any atom is -0.379 e. The Labute approximate surface area is 201 Å². The Morgan fingerprint density at radius 2 is 1.71 bits per heavy atom. The topological polar surface area (TPSA) is 48.9 Å². The molecule has 2 aliphatic rings. The van der Waals surface area contributed by atoms with Gasteiger partial charge in [-0.25, -0.2) is 4.39 Å². The van der Waals surface area contributed by atoms with Gasteiger partial charge in [0.15, 0.2) is 5.96 Å². The third-order valence-electron chi connectivity index (χ3n) is 6.18. The lowest BCUT2D eigenvalue weighted by Crippen LogP contribution is -2.41. The van der Waals surface area contributed by atoms with E-state index in [9.17, 15) is 4.39 Å². The Morgan fingerprint density at radius 1 is 1.03 bits per heavy atom. The number of rotatable bonds is 7. The van der Waals surface area contributed by atoms with E-state index in [4.69, 9.17) is 4.74 Å². The van der Waals surface area contributed by atoms with Crippen molar-refractivity contribution in [3.05, 3.63) is 71.0 Å². The van der Waals surface area contributed by atoms with Crippen LogP contribution in [0.2, 0.25) is 0 Å². The molecule has 0 unspecified atom stereocenters. The zero-order chi connectivity index (χ0) is 20.8. The normalized spacial score (nSPS) is 18.2. The molecule has 1 aliphatic heterocycles. The second-order valence-electron chi connectivity index (χ2n) is 8.20. The maximum absolute atomic E-state index is 14.3. The van der Waals surface area contributed by atoms with Crippen molar-refractivity contribution in [2.75, 3.05) is 39.9 Å². The van der Waals surface area contributed by atoms with Gasteiger partial charge in [-0.2, -0.15) is 0 Å². The fourth-order valence-electron chi connectivity index (χ4n) is 4.12. The monoisotopic (exact) mass is 538 g/mol. The predicted molar refractivity (Wildman–Crippen MR) is 133 cm³/mol. The van der Waals surface area contributed by atoms with Gasteiger partial charge in [0.05, 0.1) is 13.2 Å². The Morgan fingerprint density at radius 3 is 2.39 bits per heavy atom. The molecule has 0 bridgehead atoms. The first kappa shape index (κ1) is 23.9. The molecule has 4 rings (SSSR count). The summed E-state index contributed by atoms with van der Waals surface area (Å²) in [5.74, 6) is 0.635. The molecule has 2 aromatic rings. The molecular formula is C24H32FIN4O. The summed E-state index contributed by atoms with van der Waals surface area (Å²) in [6.07, 6.45) is 2.00. The molecule has 0 aromatic heterocycles. The minimum absolute atomic E-state index is 0. The molecule has 1 saturated carbocycles. The molecule has 1 aliphatic carbocycles. The highest BCUT2D eigenvalue weighted by Gasteiger charge is 2.45. The van der Waals surface area contributed by atoms with Gasteiger partial charge in [-0.3, -0.25) is 9.89 Å². The molecule has 2 aromatic carbocycles. The van der Waals surface area contributed by atoms with Crippen LogP contribution in [0.3, 0.4) is 0 Å². The molecule has 2 fully saturated rings. The minimum atomic E-state index is -0.114. The van der Waals surface area contributed by atoms with Crippen LogP contribution in [-0.4, -0.2) is 50.8 Å². The first-order valence-electron chi connectivity index (χ1n) is 10.8. The van der Waals surface area contributed by atoms with Crippen molar-refractivity contribution in [2.45, 2.75) is 31.3 Å². The van der Waals surface area contributed by atoms with Crippen LogP contribution in [-0.2, 0) is 23.2 Å². The van der Waals surface area contributed by atoms with Gasteiger partial charge in [-0.05, 0) is 35.6 Å². The van der Waals surface area contributed by atoms with Crippen molar-refractivity contribution < 1.29 is 9.13 Å². The van der Waals surface area contributed by atoms with Crippen LogP contribution in [0.4, 0.5) is 4.39 Å². The van der Waals surface area contributed by atoms with Gasteiger partial charge < -0.3 is 15.4 Å². The fourth-order valence-corrected chi connectivity index (χ4v) is 4.12. The van der Waals surface area contributed by atoms with E-state index in [2.05, 4.69) is 44.8 Å². The van der Waals surface area contributed by atoms with Crippen molar-refractivity contribution in [1.82, 2.24) is 15.5 Å². The molecule has 0 radical (unpaired) electrons. The molecule has 0 amide bonds. The van der Waals surface area contributed by atoms with E-state index < -0.39 is 0 Å². The van der Waals surface area contributed by atoms with Crippen LogP contribution in [0.15, 0.2) is 53.5 Å². The highest BCUT2D eigenvalue weighted by atomic mass is 127. The second kappa shape index (κ2) is 11.2. The number of hydrogen-bond donors (Lipinski definition) is 2. The predicted octanol–water partition coefficient (Wildman–Crippen LogP) is 3.67. The Bertz CT molecular complexity index is 881. The number of halogens is 2. The third-order valence-corrected chi connectivity index (χ3v) is 6.18. The summed E-state index contributed by atoms with van der Waals surface area (Å²) in [5.41, 5.74) is 3.29. The number of benzene rings is 2. The number of nitrogens with zero attached hydrogens (tertiary/aromatic N) is 2. The van der Waals surface area contributed by atoms with E-state index >= 15 is 0 Å². The van der Waals surface area contributed by atoms with Crippen LogP contribution in [0.5, 0.6) is 0 Å². The molecule has 2 N–H and O–H groups in total. The first-order valence-corrected chi connectivity index (χ1v) is 10.8. The highest BCUT2D eigenvalue weighted by molar-refractivity contribution is 14.0. The maximum atomic E-state index is 14.3. The second-order valence-corrected chi connectivity index (χ2v) is 8.20. The summed E-state index contributed by atoms with van der Waals surface area (Å²) in [5, 5.41) is 6.85. The number of morpholine rings is 1. The molecule has 31 heavy (non-hydrogen) atoms. The van der Waals surface area contributed by atoms with Gasteiger partial charge in [0, 0.05) is 45.2 Å². The van der Waals surface area contributed by atoms with Gasteiger partial charge in [-0.1, -0.05) is 42.5 Å². The number of hydrogen-bond acceptors (Lipinski definition) is 3. The van der Waals surface area contributed by atoms with E-state index in [1.807, 2.05) is 12.1 Å². The summed E-state index contributed by atoms with van der Waals surface area (Å²) in [6.45, 7) is 5.88. The smallest absolute Gasteiger partial charge is 0.191 e. The lowest BCUT2D eigenvalue weighted by atomic mass is 9.95. The van der Waals surface area contributed by atoms with E-state index in [1.165, 1.54) is 11.1 Å². The van der Waals surface area contributed by atoms with E-state index in [0.29, 0.717) is 13.1 Å². The van der Waals surface area contributed by atoms with E-state index in [1.54, 1.807) is 19.2 Å². The lowest BCUT2D eigenvalue weighted by Gasteiger charge is -2.27. The SMILES string of the molecule is CN=C(NCc1ccccc1CN1CCOCC1)NCC1(c2ccccc2F)CC1.I. The number of nitrogens with one attached hydrogen (secondary N) is 2. The molecule has 0 atom stereocenters. The number of ether oxygens (including phenoxy) is 1. The Balaban J connectivity index is 0.00000272. The standard InChI is InChI=1S/C24H31FN4O.HI/c1-26-23(28-18-24(10-11-24)21-8-4-5-9-22(21)25)27-16-19-6-2-3-7-20(19)17-29-12-14-30-15-13-29;/h2-9H,10-18H2,1H3,(H2,26,27,28);1H. The molecular weight excluding hydrogens is 506 g/mol. The van der Waals surface area contributed by atoms with Crippen LogP contribution < -0.4 is 10.6 Å². The number of aliphatic imine (C=N–C) groups is 1. The Kier molecular flexibility index (Phi) is 8.68. The molecule has 168 valence electrons. The van der Waals surface area contributed by atoms with Crippen LogP contribution in [0.1, 0.15) is 29.5 Å². The summed E-state index contributed by atoms with van der Waals surface area (Å²) >= 11 is 0. The van der Waals surface area contributed by atoms with E-state index in [-0.39, 0.29) is 35.2 Å². The van der Waals surface area contributed by atoms with E-state index in [0.717, 1.165) is 57.2 Å². The molecule has 0 spiro atoms. The van der Waals surface area contributed by atoms with Gasteiger partial charge in [0.2, 0.25) is 0 Å². The fraction of sp³-hybridized carbons (Fsp3) is 0.458.